The van der Waals surface area contributed by atoms with Gasteiger partial charge in [0, 0.05) is 102 Å². The van der Waals surface area contributed by atoms with Gasteiger partial charge in [-0.3, -0.25) is 4.79 Å². The lowest BCUT2D eigenvalue weighted by molar-refractivity contribution is -0.121. The third-order valence-electron chi connectivity index (χ3n) is 7.35. The predicted octanol–water partition coefficient (Wildman–Crippen LogP) is -0.715. The SMILES string of the molecule is CO.N=C(CCN)CCN(CCC(=N)CCN)CC(Cc1ccc(N)cc1)CN(CCC(=N)CCN)CCC(=O)NCCN.NCCN. The molecule has 1 amide bonds. The van der Waals surface area contributed by atoms with Gasteiger partial charge < -0.3 is 76.6 Å². The molecule has 0 aliphatic rings. The zero-order chi connectivity index (χ0) is 36.6. The topological polar surface area (TPSA) is 309 Å². The molecule has 0 aromatic heterocycles. The number of hydrogen-bond acceptors (Lipinski definition) is 14. The van der Waals surface area contributed by atoms with Gasteiger partial charge >= 0.3 is 0 Å². The van der Waals surface area contributed by atoms with Crippen LogP contribution in [-0.4, -0.2) is 130 Å². The highest BCUT2D eigenvalue weighted by Crippen LogP contribution is 2.16. The Kier molecular flexibility index (Phi) is 32.2. The minimum Gasteiger partial charge on any atom is -0.400 e. The Labute approximate surface area is 289 Å². The van der Waals surface area contributed by atoms with Crippen LogP contribution >= 0.6 is 0 Å². The van der Waals surface area contributed by atoms with Gasteiger partial charge in [-0.15, -0.1) is 0 Å². The van der Waals surface area contributed by atoms with Gasteiger partial charge in [-0.05, 0) is 88.2 Å². The first-order chi connectivity index (χ1) is 23.1. The normalized spacial score (nSPS) is 11.3. The van der Waals surface area contributed by atoms with Gasteiger partial charge in [-0.2, -0.15) is 0 Å². The number of nitrogens with two attached hydrogens (primary N) is 7. The molecule has 1 atom stereocenters. The molecule has 0 spiro atoms. The monoisotopic (exact) mass is 680 g/mol. The average Bonchev–Trinajstić information content (AvgIpc) is 3.08. The number of aliphatic hydroxyl groups is 1. The number of aliphatic hydroxyl groups excluding tert-OH is 1. The molecule has 15 nitrogen and oxygen atoms in total. The molecule has 0 aliphatic carbocycles. The fraction of sp³-hybridized carbons (Fsp3) is 0.697. The van der Waals surface area contributed by atoms with Crippen molar-refractivity contribution >= 4 is 28.7 Å². The summed E-state index contributed by atoms with van der Waals surface area (Å²) in [5, 5.41) is 34.7. The van der Waals surface area contributed by atoms with Crippen molar-refractivity contribution in [1.82, 2.24) is 15.1 Å². The molecule has 0 aliphatic heterocycles. The number of carbonyl (C=O) groups is 1. The fourth-order valence-corrected chi connectivity index (χ4v) is 4.83. The van der Waals surface area contributed by atoms with E-state index >= 15 is 0 Å². The van der Waals surface area contributed by atoms with Crippen molar-refractivity contribution in [2.75, 3.05) is 97.9 Å². The van der Waals surface area contributed by atoms with Crippen molar-refractivity contribution < 1.29 is 9.90 Å². The largest absolute Gasteiger partial charge is 0.400 e. The maximum Gasteiger partial charge on any atom is 0.221 e. The number of benzene rings is 1. The van der Waals surface area contributed by atoms with Gasteiger partial charge in [-0.1, -0.05) is 12.1 Å². The third kappa shape index (κ3) is 27.1. The molecule has 278 valence electrons. The van der Waals surface area contributed by atoms with E-state index in [9.17, 15) is 4.79 Å². The molecule has 15 heteroatoms. The summed E-state index contributed by atoms with van der Waals surface area (Å²) in [7, 11) is 1.00. The first kappa shape index (κ1) is 47.3. The second kappa shape index (κ2) is 32.7. The van der Waals surface area contributed by atoms with Crippen LogP contribution in [0, 0.1) is 22.1 Å². The summed E-state index contributed by atoms with van der Waals surface area (Å²) in [6.07, 6.45) is 4.78. The average molecular weight is 680 g/mol. The molecule has 1 rings (SSSR count). The standard InChI is InChI=1S/C30H57N11O.C2H8N2.CH4O/c31-12-5-27(36)8-17-40(18-9-28(37)6-13-32)22-25(21-24-1-3-26(35)4-2-24)23-41(19-10-29(38)7-14-33)20-11-30(42)39-16-15-34;3-1-2-4;1-2/h1-4,25,36-38H,5-23,31-35H2,(H,39,42);1-4H2;2H,1H3. The molecule has 1 aromatic rings. The van der Waals surface area contributed by atoms with Crippen LogP contribution in [0.1, 0.15) is 50.5 Å². The van der Waals surface area contributed by atoms with Gasteiger partial charge in [0.1, 0.15) is 0 Å². The van der Waals surface area contributed by atoms with Gasteiger partial charge in [0.05, 0.1) is 0 Å². The molecular weight excluding hydrogens is 610 g/mol. The van der Waals surface area contributed by atoms with Crippen molar-refractivity contribution in [3.8, 4) is 0 Å². The van der Waals surface area contributed by atoms with Crippen LogP contribution < -0.4 is 45.5 Å². The summed E-state index contributed by atoms with van der Waals surface area (Å²) >= 11 is 0. The van der Waals surface area contributed by atoms with E-state index in [2.05, 4.69) is 27.2 Å². The second-order valence-electron chi connectivity index (χ2n) is 11.6. The van der Waals surface area contributed by atoms with Gasteiger partial charge in [-0.25, -0.2) is 0 Å². The lowest BCUT2D eigenvalue weighted by atomic mass is 9.96. The number of amides is 1. The first-order valence-electron chi connectivity index (χ1n) is 17.0. The predicted molar refractivity (Wildman–Crippen MR) is 202 cm³/mol. The number of nitrogens with one attached hydrogen (secondary N) is 4. The summed E-state index contributed by atoms with van der Waals surface area (Å²) in [6, 6.07) is 7.95. The number of nitrogen functional groups attached to an aromatic ring is 1. The van der Waals surface area contributed by atoms with Crippen LogP contribution in [0.5, 0.6) is 0 Å². The van der Waals surface area contributed by atoms with E-state index in [0.717, 1.165) is 45.4 Å². The van der Waals surface area contributed by atoms with Crippen molar-refractivity contribution in [2.24, 2.45) is 40.3 Å². The van der Waals surface area contributed by atoms with Crippen molar-refractivity contribution in [3.63, 3.8) is 0 Å². The van der Waals surface area contributed by atoms with Crippen LogP contribution in [0.4, 0.5) is 5.69 Å². The Balaban J connectivity index is 0. The van der Waals surface area contributed by atoms with Crippen LogP contribution in [0.25, 0.3) is 0 Å². The molecule has 0 heterocycles. The number of nitrogens with zero attached hydrogens (tertiary/aromatic N) is 2. The van der Waals surface area contributed by atoms with Crippen LogP contribution in [-0.2, 0) is 11.2 Å². The Bertz CT molecular complexity index is 939. The summed E-state index contributed by atoms with van der Waals surface area (Å²) in [5.41, 5.74) is 42.1. The maximum absolute atomic E-state index is 12.4. The summed E-state index contributed by atoms with van der Waals surface area (Å²) in [5.74, 6) is 0.174. The van der Waals surface area contributed by atoms with E-state index < -0.39 is 0 Å². The molecule has 0 fully saturated rings. The smallest absolute Gasteiger partial charge is 0.221 e. The highest BCUT2D eigenvalue weighted by Gasteiger charge is 2.20. The lowest BCUT2D eigenvalue weighted by Crippen LogP contribution is -2.41. The second-order valence-corrected chi connectivity index (χ2v) is 11.6. The molecule has 1 aromatic carbocycles. The van der Waals surface area contributed by atoms with Gasteiger partial charge in [0.25, 0.3) is 0 Å². The molecule has 0 saturated heterocycles. The lowest BCUT2D eigenvalue weighted by Gasteiger charge is -2.32. The molecule has 1 unspecified atom stereocenters. The van der Waals surface area contributed by atoms with Crippen LogP contribution in [0.15, 0.2) is 24.3 Å². The van der Waals surface area contributed by atoms with Gasteiger partial charge in [0.2, 0.25) is 5.91 Å². The van der Waals surface area contributed by atoms with Crippen molar-refractivity contribution in [3.05, 3.63) is 29.8 Å². The molecule has 0 saturated carbocycles. The molecular formula is C33H69N13O2. The Morgan fingerprint density at radius 1 is 0.646 bits per heavy atom. The number of carbonyl (C=O) groups excluding carboxylic acids is 1. The number of anilines is 1. The summed E-state index contributed by atoms with van der Waals surface area (Å²) < 4.78 is 0. The minimum absolute atomic E-state index is 0.0315. The third-order valence-corrected chi connectivity index (χ3v) is 7.35. The van der Waals surface area contributed by atoms with Crippen molar-refractivity contribution in [2.45, 2.75) is 51.4 Å². The van der Waals surface area contributed by atoms with E-state index in [1.165, 1.54) is 5.56 Å². The summed E-state index contributed by atoms with van der Waals surface area (Å²) in [6.45, 7) is 7.62. The molecule has 0 radical (unpaired) electrons. The zero-order valence-corrected chi connectivity index (χ0v) is 29.5. The van der Waals surface area contributed by atoms with E-state index in [-0.39, 0.29) is 11.8 Å². The zero-order valence-electron chi connectivity index (χ0n) is 29.5. The Morgan fingerprint density at radius 3 is 1.40 bits per heavy atom. The highest BCUT2D eigenvalue weighted by atomic mass is 16.2. The fourth-order valence-electron chi connectivity index (χ4n) is 4.83. The Morgan fingerprint density at radius 2 is 1.04 bits per heavy atom. The quantitative estimate of drug-likeness (QED) is 0.0407. The molecule has 48 heavy (non-hydrogen) atoms. The van der Waals surface area contributed by atoms with E-state index in [4.69, 9.17) is 61.5 Å². The number of hydrogen-bond donors (Lipinski definition) is 12. The summed E-state index contributed by atoms with van der Waals surface area (Å²) in [4.78, 5) is 17.0. The van der Waals surface area contributed by atoms with E-state index in [1.54, 1.807) is 0 Å². The minimum atomic E-state index is -0.0315. The van der Waals surface area contributed by atoms with E-state index in [1.807, 2.05) is 12.1 Å². The number of rotatable bonds is 27. The maximum atomic E-state index is 12.4. The van der Waals surface area contributed by atoms with E-state index in [0.29, 0.717) is 121 Å². The molecule has 19 N–H and O–H groups in total. The van der Waals surface area contributed by atoms with Crippen molar-refractivity contribution in [1.29, 1.82) is 16.2 Å². The van der Waals surface area contributed by atoms with Crippen LogP contribution in [0.2, 0.25) is 0 Å². The van der Waals surface area contributed by atoms with Gasteiger partial charge in [0.15, 0.2) is 0 Å². The first-order valence-corrected chi connectivity index (χ1v) is 17.0. The molecule has 0 bridgehead atoms. The Hall–Kier alpha value is -2.86. The highest BCUT2D eigenvalue weighted by molar-refractivity contribution is 5.82. The van der Waals surface area contributed by atoms with Crippen LogP contribution in [0.3, 0.4) is 0 Å².